The summed E-state index contributed by atoms with van der Waals surface area (Å²) in [6.45, 7) is 2.53. The number of nitrogens with one attached hydrogen (secondary N) is 3. The summed E-state index contributed by atoms with van der Waals surface area (Å²) in [5.74, 6) is -0.594. The third-order valence-corrected chi connectivity index (χ3v) is 5.32. The summed E-state index contributed by atoms with van der Waals surface area (Å²) in [6.07, 6.45) is 2.28. The summed E-state index contributed by atoms with van der Waals surface area (Å²) >= 11 is 6.15. The van der Waals surface area contributed by atoms with Crippen LogP contribution < -0.4 is 16.0 Å². The van der Waals surface area contributed by atoms with Gasteiger partial charge in [-0.25, -0.2) is 9.18 Å². The van der Waals surface area contributed by atoms with Crippen molar-refractivity contribution in [2.24, 2.45) is 0 Å². The number of likely N-dealkylation sites (tertiary alicyclic amines) is 1. The molecule has 30 heavy (non-hydrogen) atoms. The second kappa shape index (κ2) is 10.9. The summed E-state index contributed by atoms with van der Waals surface area (Å²) in [5, 5.41) is 8.75. The van der Waals surface area contributed by atoms with E-state index in [0.717, 1.165) is 37.1 Å². The first kappa shape index (κ1) is 22.1. The molecule has 0 aromatic heterocycles. The van der Waals surface area contributed by atoms with Crippen molar-refractivity contribution in [2.75, 3.05) is 26.2 Å². The minimum absolute atomic E-state index is 0.0439. The molecule has 8 heteroatoms. The van der Waals surface area contributed by atoms with E-state index in [1.807, 2.05) is 24.3 Å². The molecule has 1 unspecified atom stereocenters. The number of hydrogen-bond donors (Lipinski definition) is 3. The Bertz CT molecular complexity index is 856. The van der Waals surface area contributed by atoms with Gasteiger partial charge in [0.1, 0.15) is 5.82 Å². The normalized spacial score (nSPS) is 14.9. The van der Waals surface area contributed by atoms with Crippen LogP contribution in [0.1, 0.15) is 30.0 Å². The van der Waals surface area contributed by atoms with Gasteiger partial charge in [0.2, 0.25) is 5.91 Å². The maximum absolute atomic E-state index is 12.9. The van der Waals surface area contributed by atoms with Crippen molar-refractivity contribution in [2.45, 2.75) is 25.4 Å². The van der Waals surface area contributed by atoms with E-state index in [1.54, 1.807) is 12.1 Å². The molecule has 0 bridgehead atoms. The van der Waals surface area contributed by atoms with E-state index in [2.05, 4.69) is 20.9 Å². The van der Waals surface area contributed by atoms with E-state index < -0.39 is 6.03 Å². The molecule has 0 saturated carbocycles. The molecule has 1 atom stereocenters. The molecule has 0 aliphatic carbocycles. The number of rotatable bonds is 8. The van der Waals surface area contributed by atoms with Gasteiger partial charge in [0, 0.05) is 18.1 Å². The molecule has 1 fully saturated rings. The van der Waals surface area contributed by atoms with Gasteiger partial charge in [0.05, 0.1) is 12.6 Å². The number of hydrogen-bond acceptors (Lipinski definition) is 3. The fourth-order valence-electron chi connectivity index (χ4n) is 3.51. The van der Waals surface area contributed by atoms with Crippen molar-refractivity contribution in [3.63, 3.8) is 0 Å². The third kappa shape index (κ3) is 6.71. The molecule has 3 N–H and O–H groups in total. The second-order valence-corrected chi connectivity index (χ2v) is 7.72. The monoisotopic (exact) mass is 432 g/mol. The van der Waals surface area contributed by atoms with Crippen LogP contribution in [-0.4, -0.2) is 43.0 Å². The van der Waals surface area contributed by atoms with Crippen LogP contribution in [0, 0.1) is 5.82 Å². The summed E-state index contributed by atoms with van der Waals surface area (Å²) < 4.78 is 12.9. The van der Waals surface area contributed by atoms with E-state index in [-0.39, 0.29) is 30.9 Å². The molecule has 6 nitrogen and oxygen atoms in total. The zero-order valence-corrected chi connectivity index (χ0v) is 17.4. The second-order valence-electron chi connectivity index (χ2n) is 7.28. The standard InChI is InChI=1S/C22H26ClFN4O2/c23-18-5-3-4-17(12-18)20(28-10-1-2-11-28)14-25-21(29)15-27-22(30)26-13-16-6-8-19(24)9-7-16/h3-9,12,20H,1-2,10-11,13-15H2,(H,25,29)(H2,26,27,30). The molecule has 2 aromatic rings. The molecule has 3 rings (SSSR count). The number of halogens is 2. The lowest BCUT2D eigenvalue weighted by molar-refractivity contribution is -0.120. The highest BCUT2D eigenvalue weighted by atomic mass is 35.5. The third-order valence-electron chi connectivity index (χ3n) is 5.08. The van der Waals surface area contributed by atoms with Gasteiger partial charge < -0.3 is 16.0 Å². The lowest BCUT2D eigenvalue weighted by Crippen LogP contribution is -2.44. The number of benzene rings is 2. The molecule has 2 aromatic carbocycles. The average Bonchev–Trinajstić information content (AvgIpc) is 3.26. The van der Waals surface area contributed by atoms with Crippen LogP contribution in [0.25, 0.3) is 0 Å². The minimum Gasteiger partial charge on any atom is -0.353 e. The topological polar surface area (TPSA) is 73.5 Å². The van der Waals surface area contributed by atoms with E-state index >= 15 is 0 Å². The van der Waals surface area contributed by atoms with Gasteiger partial charge in [-0.15, -0.1) is 0 Å². The Kier molecular flexibility index (Phi) is 8.04. The summed E-state index contributed by atoms with van der Waals surface area (Å²) in [5.41, 5.74) is 1.83. The highest BCUT2D eigenvalue weighted by molar-refractivity contribution is 6.30. The van der Waals surface area contributed by atoms with Crippen molar-refractivity contribution in [1.29, 1.82) is 0 Å². The van der Waals surface area contributed by atoms with Crippen LogP contribution in [0.4, 0.5) is 9.18 Å². The lowest BCUT2D eigenvalue weighted by atomic mass is 10.1. The predicted molar refractivity (Wildman–Crippen MR) is 115 cm³/mol. The van der Waals surface area contributed by atoms with Gasteiger partial charge in [0.25, 0.3) is 0 Å². The van der Waals surface area contributed by atoms with Gasteiger partial charge in [0.15, 0.2) is 0 Å². The van der Waals surface area contributed by atoms with Gasteiger partial charge in [-0.3, -0.25) is 9.69 Å². The fourth-order valence-corrected chi connectivity index (χ4v) is 3.70. The maximum atomic E-state index is 12.9. The quantitative estimate of drug-likeness (QED) is 0.599. The molecule has 1 saturated heterocycles. The van der Waals surface area contributed by atoms with E-state index in [1.165, 1.54) is 12.1 Å². The van der Waals surface area contributed by atoms with Crippen molar-refractivity contribution in [1.82, 2.24) is 20.9 Å². The molecule has 160 valence electrons. The van der Waals surface area contributed by atoms with Crippen LogP contribution in [0.3, 0.4) is 0 Å². The smallest absolute Gasteiger partial charge is 0.315 e. The highest BCUT2D eigenvalue weighted by Gasteiger charge is 2.24. The van der Waals surface area contributed by atoms with Crippen LogP contribution in [-0.2, 0) is 11.3 Å². The van der Waals surface area contributed by atoms with Gasteiger partial charge in [-0.05, 0) is 61.3 Å². The van der Waals surface area contributed by atoms with Crippen LogP contribution >= 0.6 is 11.6 Å². The Balaban J connectivity index is 1.44. The first-order valence-corrected chi connectivity index (χ1v) is 10.4. The Morgan fingerprint density at radius 2 is 1.77 bits per heavy atom. The van der Waals surface area contributed by atoms with E-state index in [0.29, 0.717) is 11.6 Å². The number of carbonyl (C=O) groups is 2. The van der Waals surface area contributed by atoms with Crippen molar-refractivity contribution >= 4 is 23.5 Å². The van der Waals surface area contributed by atoms with Crippen molar-refractivity contribution in [3.05, 3.63) is 70.5 Å². The van der Waals surface area contributed by atoms with Crippen LogP contribution in [0.2, 0.25) is 5.02 Å². The Morgan fingerprint density at radius 3 is 2.47 bits per heavy atom. The SMILES string of the molecule is O=C(CNC(=O)NCc1ccc(F)cc1)NCC(c1cccc(Cl)c1)N1CCCC1. The molecule has 0 radical (unpaired) electrons. The molecule has 1 aliphatic heterocycles. The fraction of sp³-hybridized carbons (Fsp3) is 0.364. The maximum Gasteiger partial charge on any atom is 0.315 e. The van der Waals surface area contributed by atoms with Crippen molar-refractivity contribution < 1.29 is 14.0 Å². The van der Waals surface area contributed by atoms with Gasteiger partial charge in [-0.2, -0.15) is 0 Å². The highest BCUT2D eigenvalue weighted by Crippen LogP contribution is 2.26. The first-order valence-electron chi connectivity index (χ1n) is 10.0. The number of amides is 3. The number of carbonyl (C=O) groups excluding carboxylic acids is 2. The minimum atomic E-state index is -0.458. The Morgan fingerprint density at radius 1 is 1.03 bits per heavy atom. The average molecular weight is 433 g/mol. The predicted octanol–water partition coefficient (Wildman–Crippen LogP) is 3.23. The zero-order valence-electron chi connectivity index (χ0n) is 16.7. The molecule has 1 aliphatic rings. The summed E-state index contributed by atoms with van der Waals surface area (Å²) in [7, 11) is 0. The van der Waals surface area contributed by atoms with Crippen molar-refractivity contribution in [3.8, 4) is 0 Å². The first-order chi connectivity index (χ1) is 14.5. The Hall–Kier alpha value is -2.64. The molecule has 1 heterocycles. The van der Waals surface area contributed by atoms with Crippen LogP contribution in [0.5, 0.6) is 0 Å². The van der Waals surface area contributed by atoms with E-state index in [9.17, 15) is 14.0 Å². The van der Waals surface area contributed by atoms with Crippen LogP contribution in [0.15, 0.2) is 48.5 Å². The van der Waals surface area contributed by atoms with Gasteiger partial charge in [-0.1, -0.05) is 35.9 Å². The van der Waals surface area contributed by atoms with Gasteiger partial charge >= 0.3 is 6.03 Å². The number of nitrogens with zero attached hydrogens (tertiary/aromatic N) is 1. The summed E-state index contributed by atoms with van der Waals surface area (Å²) in [4.78, 5) is 26.5. The number of urea groups is 1. The molecule has 0 spiro atoms. The largest absolute Gasteiger partial charge is 0.353 e. The molecule has 3 amide bonds. The summed E-state index contributed by atoms with van der Waals surface area (Å²) in [6, 6.07) is 13.1. The lowest BCUT2D eigenvalue weighted by Gasteiger charge is -2.28. The molecular weight excluding hydrogens is 407 g/mol. The molecular formula is C22H26ClFN4O2. The van der Waals surface area contributed by atoms with E-state index in [4.69, 9.17) is 11.6 Å². The zero-order chi connectivity index (χ0) is 21.3. The Labute approximate surface area is 180 Å².